The summed E-state index contributed by atoms with van der Waals surface area (Å²) in [5.41, 5.74) is 2.79. The van der Waals surface area contributed by atoms with Gasteiger partial charge in [0.25, 0.3) is 5.91 Å². The van der Waals surface area contributed by atoms with E-state index < -0.39 is 0 Å². The van der Waals surface area contributed by atoms with Crippen LogP contribution in [0.2, 0.25) is 0 Å². The van der Waals surface area contributed by atoms with Crippen molar-refractivity contribution in [3.63, 3.8) is 0 Å². The van der Waals surface area contributed by atoms with Gasteiger partial charge in [0.15, 0.2) is 0 Å². The Balaban J connectivity index is 1.71. The van der Waals surface area contributed by atoms with Crippen LogP contribution in [0.3, 0.4) is 0 Å². The fourth-order valence-electron chi connectivity index (χ4n) is 4.82. The van der Waals surface area contributed by atoms with Crippen LogP contribution in [0.1, 0.15) is 79.0 Å². The monoisotopic (exact) mass is 448 g/mol. The zero-order valence-corrected chi connectivity index (χ0v) is 20.1. The van der Waals surface area contributed by atoms with Crippen molar-refractivity contribution in [1.82, 2.24) is 10.6 Å². The number of carbonyl (C=O) groups excluding carboxylic acids is 1. The molecule has 0 saturated heterocycles. The molecule has 2 atom stereocenters. The van der Waals surface area contributed by atoms with E-state index in [0.717, 1.165) is 42.9 Å². The Bertz CT molecular complexity index is 846. The van der Waals surface area contributed by atoms with E-state index in [4.69, 9.17) is 4.74 Å². The molecule has 0 radical (unpaired) electrons. The van der Waals surface area contributed by atoms with Gasteiger partial charge in [0, 0.05) is 24.8 Å². The van der Waals surface area contributed by atoms with Crippen molar-refractivity contribution in [1.29, 1.82) is 0 Å². The van der Waals surface area contributed by atoms with Crippen LogP contribution in [0.15, 0.2) is 67.3 Å². The van der Waals surface area contributed by atoms with E-state index in [0.29, 0.717) is 12.2 Å². The molecule has 1 fully saturated rings. The van der Waals surface area contributed by atoms with E-state index in [1.807, 2.05) is 49.5 Å². The van der Waals surface area contributed by atoms with Gasteiger partial charge in [-0.05, 0) is 55.5 Å². The molecule has 33 heavy (non-hydrogen) atoms. The second-order valence-corrected chi connectivity index (χ2v) is 9.19. The number of unbranched alkanes of at least 4 members (excludes halogenated alkanes) is 1. The normalized spacial score (nSPS) is 16.2. The first-order valence-electron chi connectivity index (χ1n) is 12.5. The number of carbonyl (C=O) groups is 1. The third-order valence-electron chi connectivity index (χ3n) is 6.52. The van der Waals surface area contributed by atoms with E-state index in [2.05, 4.69) is 35.4 Å². The molecule has 0 aromatic heterocycles. The SMILES string of the molecule is C=CCCCO[C@@H](c1ccccc1)c1cccc(C(=O)N[C@H](CNC)CC2CCCCC2)c1. The van der Waals surface area contributed by atoms with E-state index >= 15 is 0 Å². The summed E-state index contributed by atoms with van der Waals surface area (Å²) in [4.78, 5) is 13.2. The average Bonchev–Trinajstić information content (AvgIpc) is 2.85. The van der Waals surface area contributed by atoms with E-state index in [9.17, 15) is 4.79 Å². The van der Waals surface area contributed by atoms with Gasteiger partial charge >= 0.3 is 0 Å². The van der Waals surface area contributed by atoms with Crippen molar-refractivity contribution in [3.8, 4) is 0 Å². The fourth-order valence-corrected chi connectivity index (χ4v) is 4.82. The molecule has 178 valence electrons. The lowest BCUT2D eigenvalue weighted by Gasteiger charge is -2.27. The van der Waals surface area contributed by atoms with Gasteiger partial charge in [-0.3, -0.25) is 4.79 Å². The minimum Gasteiger partial charge on any atom is -0.369 e. The van der Waals surface area contributed by atoms with Gasteiger partial charge < -0.3 is 15.4 Å². The van der Waals surface area contributed by atoms with Crippen molar-refractivity contribution >= 4 is 5.91 Å². The third-order valence-corrected chi connectivity index (χ3v) is 6.52. The minimum atomic E-state index is -0.195. The number of hydrogen-bond acceptors (Lipinski definition) is 3. The molecule has 1 aliphatic carbocycles. The van der Waals surface area contributed by atoms with E-state index in [1.54, 1.807) is 0 Å². The maximum atomic E-state index is 13.2. The van der Waals surface area contributed by atoms with Crippen molar-refractivity contribution in [2.45, 2.75) is 63.5 Å². The average molecular weight is 449 g/mol. The molecule has 1 amide bonds. The van der Waals surface area contributed by atoms with Gasteiger partial charge in [0.2, 0.25) is 0 Å². The van der Waals surface area contributed by atoms with Gasteiger partial charge in [-0.25, -0.2) is 0 Å². The zero-order chi connectivity index (χ0) is 23.3. The van der Waals surface area contributed by atoms with Crippen LogP contribution in [-0.4, -0.2) is 32.1 Å². The van der Waals surface area contributed by atoms with Crippen LogP contribution in [0.4, 0.5) is 0 Å². The predicted molar refractivity (Wildman–Crippen MR) is 136 cm³/mol. The van der Waals surface area contributed by atoms with Crippen LogP contribution < -0.4 is 10.6 Å². The highest BCUT2D eigenvalue weighted by molar-refractivity contribution is 5.94. The highest BCUT2D eigenvalue weighted by Gasteiger charge is 2.22. The number of rotatable bonds is 13. The molecule has 1 aliphatic rings. The molecule has 0 heterocycles. The fraction of sp³-hybridized carbons (Fsp3) is 0.483. The summed E-state index contributed by atoms with van der Waals surface area (Å²) < 4.78 is 6.28. The Morgan fingerprint density at radius 1 is 1.09 bits per heavy atom. The summed E-state index contributed by atoms with van der Waals surface area (Å²) in [6.07, 6.45) is 11.2. The zero-order valence-electron chi connectivity index (χ0n) is 20.1. The van der Waals surface area contributed by atoms with Gasteiger partial charge in [0.1, 0.15) is 6.10 Å². The van der Waals surface area contributed by atoms with Crippen molar-refractivity contribution in [3.05, 3.63) is 83.9 Å². The number of hydrogen-bond donors (Lipinski definition) is 2. The first kappa shape index (κ1) is 25.2. The standard InChI is InChI=1S/C29H40N2O2/c1-3-4-11-19-33-28(24-15-9-6-10-16-24)25-17-12-18-26(21-25)29(32)31-27(22-30-2)20-23-13-7-5-8-14-23/h3,6,9-10,12,15-18,21,23,27-28,30H,1,4-5,7-8,11,13-14,19-20,22H2,2H3,(H,31,32)/t27-,28-/m0/s1. The van der Waals surface area contributed by atoms with Crippen LogP contribution in [0.25, 0.3) is 0 Å². The topological polar surface area (TPSA) is 50.4 Å². The minimum absolute atomic E-state index is 0.00798. The number of amides is 1. The van der Waals surface area contributed by atoms with Gasteiger partial charge in [-0.1, -0.05) is 80.6 Å². The maximum Gasteiger partial charge on any atom is 0.251 e. The second-order valence-electron chi connectivity index (χ2n) is 9.19. The number of benzene rings is 2. The number of nitrogens with one attached hydrogen (secondary N) is 2. The lowest BCUT2D eigenvalue weighted by Crippen LogP contribution is -2.42. The third kappa shape index (κ3) is 8.13. The summed E-state index contributed by atoms with van der Waals surface area (Å²) in [6.45, 7) is 5.23. The molecule has 4 heteroatoms. The Morgan fingerprint density at radius 2 is 1.85 bits per heavy atom. The highest BCUT2D eigenvalue weighted by atomic mass is 16.5. The largest absolute Gasteiger partial charge is 0.369 e. The lowest BCUT2D eigenvalue weighted by molar-refractivity contribution is 0.0785. The summed E-state index contributed by atoms with van der Waals surface area (Å²) in [5.74, 6) is 0.710. The molecule has 2 aromatic carbocycles. The first-order chi connectivity index (χ1) is 16.2. The summed E-state index contributed by atoms with van der Waals surface area (Å²) >= 11 is 0. The maximum absolute atomic E-state index is 13.2. The molecule has 0 bridgehead atoms. The molecule has 0 unspecified atom stereocenters. The first-order valence-corrected chi connectivity index (χ1v) is 12.5. The Hall–Kier alpha value is -2.43. The van der Waals surface area contributed by atoms with E-state index in [1.165, 1.54) is 32.1 Å². The van der Waals surface area contributed by atoms with Crippen molar-refractivity contribution < 1.29 is 9.53 Å². The molecule has 0 spiro atoms. The van der Waals surface area contributed by atoms with Gasteiger partial charge in [0.05, 0.1) is 0 Å². The smallest absolute Gasteiger partial charge is 0.251 e. The molecule has 2 N–H and O–H groups in total. The van der Waals surface area contributed by atoms with Gasteiger partial charge in [-0.15, -0.1) is 6.58 Å². The van der Waals surface area contributed by atoms with Gasteiger partial charge in [-0.2, -0.15) is 0 Å². The van der Waals surface area contributed by atoms with E-state index in [-0.39, 0.29) is 18.1 Å². The van der Waals surface area contributed by atoms with Crippen LogP contribution in [-0.2, 0) is 4.74 Å². The Morgan fingerprint density at radius 3 is 2.58 bits per heavy atom. The molecule has 0 aliphatic heterocycles. The second kappa shape index (κ2) is 14.0. The molecular formula is C29H40N2O2. The highest BCUT2D eigenvalue weighted by Crippen LogP contribution is 2.28. The van der Waals surface area contributed by atoms with Crippen molar-refractivity contribution in [2.24, 2.45) is 5.92 Å². The predicted octanol–water partition coefficient (Wildman–Crippen LogP) is 6.05. The molecule has 2 aromatic rings. The number of ether oxygens (including phenoxy) is 1. The van der Waals surface area contributed by atoms with Crippen LogP contribution in [0, 0.1) is 5.92 Å². The quantitative estimate of drug-likeness (QED) is 0.290. The molecular weight excluding hydrogens is 408 g/mol. The Labute approximate surface area is 199 Å². The molecule has 4 nitrogen and oxygen atoms in total. The lowest BCUT2D eigenvalue weighted by atomic mass is 9.84. The van der Waals surface area contributed by atoms with Crippen LogP contribution in [0.5, 0.6) is 0 Å². The number of likely N-dealkylation sites (N-methyl/N-ethyl adjacent to an activating group) is 1. The van der Waals surface area contributed by atoms with Crippen molar-refractivity contribution in [2.75, 3.05) is 20.2 Å². The summed E-state index contributed by atoms with van der Waals surface area (Å²) in [6, 6.07) is 18.3. The van der Waals surface area contributed by atoms with Crippen LogP contribution >= 0.6 is 0 Å². The number of allylic oxidation sites excluding steroid dienone is 1. The Kier molecular flexibility index (Phi) is 10.7. The molecule has 1 saturated carbocycles. The molecule has 3 rings (SSSR count). The summed E-state index contributed by atoms with van der Waals surface area (Å²) in [5, 5.41) is 6.55. The summed E-state index contributed by atoms with van der Waals surface area (Å²) in [7, 11) is 1.95.